The minimum absolute atomic E-state index is 0.0110. The van der Waals surface area contributed by atoms with Gasteiger partial charge in [-0.05, 0) is 72.4 Å². The van der Waals surface area contributed by atoms with Crippen LogP contribution in [0, 0.1) is 5.92 Å². The molecule has 1 aliphatic heterocycles. The monoisotopic (exact) mass is 1640 g/mol. The zero-order valence-electron chi connectivity index (χ0n) is 73.5. The van der Waals surface area contributed by atoms with Crippen LogP contribution >= 0.6 is 0 Å². The summed E-state index contributed by atoms with van der Waals surface area (Å²) in [6.07, 6.45) is 54.2. The SMILES string of the molecule is CCCCCCCCCCCCCCCCCCOc1cc(C(=O)OCC(=O)O[C@@]2(O)[C@@H](COC(c3ccccc3)(c3ccc(OC)cc3)c3ccc(OC)cc3)O[C@@H](n3cnc4c(=O)[nH]c(NC(=O)C(C)C)nc43)[C@@H]2F)cc(OCCCCCCCCCCCCCCCCCC)c1OCCCCCCCCCCCCCCCCCC. The molecule has 0 radical (unpaired) electrons. The molecule has 1 aliphatic rings. The number of nitrogens with zero attached hydrogens (tertiary/aromatic N) is 3. The molecule has 1 saturated heterocycles. The number of unbranched alkanes of at least 4 members (excludes halogenated alkanes) is 45. The summed E-state index contributed by atoms with van der Waals surface area (Å²) in [7, 11) is 3.11. The van der Waals surface area contributed by atoms with Gasteiger partial charge >= 0.3 is 11.9 Å². The van der Waals surface area contributed by atoms with E-state index in [0.29, 0.717) is 65.3 Å². The van der Waals surface area contributed by atoms with Gasteiger partial charge in [-0.25, -0.2) is 19.0 Å². The Morgan fingerprint density at radius 1 is 0.534 bits per heavy atom. The van der Waals surface area contributed by atoms with Crippen LogP contribution in [0.3, 0.4) is 0 Å². The number of ether oxygens (including phenoxy) is 9. The summed E-state index contributed by atoms with van der Waals surface area (Å²) in [6, 6.07) is 26.8. The summed E-state index contributed by atoms with van der Waals surface area (Å²) < 4.78 is 75.8. The Balaban J connectivity index is 1.10. The number of carbonyl (C=O) groups is 3. The second-order valence-electron chi connectivity index (χ2n) is 33.2. The van der Waals surface area contributed by atoms with E-state index in [-0.39, 0.29) is 22.7 Å². The molecule has 0 bridgehead atoms. The Morgan fingerprint density at radius 3 is 1.29 bits per heavy atom. The van der Waals surface area contributed by atoms with E-state index >= 15 is 4.39 Å². The molecule has 0 aliphatic carbocycles. The Hall–Kier alpha value is -7.55. The first kappa shape index (κ1) is 97.6. The molecule has 7 rings (SSSR count). The number of benzene rings is 4. The lowest BCUT2D eigenvalue weighted by Gasteiger charge is -2.38. The first-order chi connectivity index (χ1) is 57.7. The first-order valence-corrected chi connectivity index (χ1v) is 46.4. The van der Waals surface area contributed by atoms with Crippen LogP contribution in [0.2, 0.25) is 0 Å². The van der Waals surface area contributed by atoms with Gasteiger partial charge in [0.05, 0.1) is 52.5 Å². The van der Waals surface area contributed by atoms with Crippen LogP contribution in [0.15, 0.2) is 102 Å². The van der Waals surface area contributed by atoms with E-state index in [0.717, 1.165) is 81.5 Å². The van der Waals surface area contributed by atoms with Crippen molar-refractivity contribution in [2.75, 3.05) is 52.6 Å². The van der Waals surface area contributed by atoms with Crippen LogP contribution in [0.25, 0.3) is 11.2 Å². The number of nitrogens with one attached hydrogen (secondary N) is 2. The number of anilines is 1. The molecule has 1 amide bonds. The lowest BCUT2D eigenvalue weighted by atomic mass is 9.80. The van der Waals surface area contributed by atoms with E-state index in [1.807, 2.05) is 54.6 Å². The van der Waals surface area contributed by atoms with Gasteiger partial charge in [-0.2, -0.15) is 4.98 Å². The number of hydrogen-bond acceptors (Lipinski definition) is 16. The van der Waals surface area contributed by atoms with E-state index in [4.69, 9.17) is 42.6 Å². The van der Waals surface area contributed by atoms with E-state index in [9.17, 15) is 24.3 Å². The van der Waals surface area contributed by atoms with E-state index in [1.165, 1.54) is 238 Å². The fourth-order valence-electron chi connectivity index (χ4n) is 15.9. The van der Waals surface area contributed by atoms with E-state index in [2.05, 4.69) is 41.0 Å². The molecule has 4 aromatic carbocycles. The average Bonchev–Trinajstić information content (AvgIpc) is 1.30. The maximum absolute atomic E-state index is 18.2. The number of amides is 1. The van der Waals surface area contributed by atoms with Gasteiger partial charge in [-0.3, -0.25) is 24.5 Å². The van der Waals surface area contributed by atoms with Gasteiger partial charge in [-0.1, -0.05) is 378 Å². The minimum Gasteiger partial charge on any atom is -0.497 e. The van der Waals surface area contributed by atoms with Crippen molar-refractivity contribution in [1.82, 2.24) is 19.5 Å². The summed E-state index contributed by atoms with van der Waals surface area (Å²) in [4.78, 5) is 67.1. The predicted molar refractivity (Wildman–Crippen MR) is 472 cm³/mol. The molecule has 4 atom stereocenters. The van der Waals surface area contributed by atoms with Gasteiger partial charge in [0.1, 0.15) is 17.1 Å². The van der Waals surface area contributed by atoms with Crippen molar-refractivity contribution in [3.63, 3.8) is 0 Å². The normalized spacial score (nSPS) is 15.4. The molecule has 20 heteroatoms. The summed E-state index contributed by atoms with van der Waals surface area (Å²) >= 11 is 0. The zero-order chi connectivity index (χ0) is 84.1. The number of rotatable bonds is 69. The van der Waals surface area contributed by atoms with Crippen molar-refractivity contribution in [3.8, 4) is 28.7 Å². The van der Waals surface area contributed by atoms with Gasteiger partial charge in [0.2, 0.25) is 23.8 Å². The van der Waals surface area contributed by atoms with Crippen LogP contribution in [0.1, 0.15) is 376 Å². The van der Waals surface area contributed by atoms with E-state index in [1.54, 1.807) is 64.5 Å². The second kappa shape index (κ2) is 57.6. The topological polar surface area (TPSA) is 230 Å². The Morgan fingerprint density at radius 2 is 0.907 bits per heavy atom. The summed E-state index contributed by atoms with van der Waals surface area (Å²) in [5.74, 6) is -4.56. The molecule has 0 unspecified atom stereocenters. The number of esters is 2. The zero-order valence-corrected chi connectivity index (χ0v) is 73.5. The third kappa shape index (κ3) is 33.8. The third-order valence-electron chi connectivity index (χ3n) is 23.1. The van der Waals surface area contributed by atoms with Crippen LogP contribution in [-0.2, 0) is 34.1 Å². The highest BCUT2D eigenvalue weighted by atomic mass is 19.1. The predicted octanol–water partition coefficient (Wildman–Crippen LogP) is 25.0. The maximum atomic E-state index is 18.2. The van der Waals surface area contributed by atoms with Crippen molar-refractivity contribution in [2.45, 2.75) is 373 Å². The standard InChI is InChI=1S/C98H150FN5O14/c1-8-11-14-17-20-23-26-29-32-35-38-41-44-47-50-56-69-112-84-72-78(73-85(113-70-57-51-48-45-42-39-36-33-30-27-24-21-18-15-12-9-2)89(84)114-71-58-52-49-46-43-40-37-34-31-28-25-22-19-16-13-10-3)95(108)115-75-87(105)118-98(109)86(117-94(90(98)99)104-76-100-88-91(104)101-96(103-93(88)107)102-92(106)77(4)5)74-116-97(79-59-54-53-55-60-79,80-61-65-82(110-6)66-62-80)81-63-67-83(111-7)68-64-81/h53-55,59-68,72-73,76-77,86,90,94,109H,8-52,56-58,69-71,74-75H2,1-7H3,(H2,101,102,103,106,107)/t86-,90+,94-,98+/m1/s1. The number of methoxy groups -OCH3 is 2. The number of hydrogen-bond donors (Lipinski definition) is 3. The minimum atomic E-state index is -3.21. The van der Waals surface area contributed by atoms with Crippen LogP contribution in [0.5, 0.6) is 28.7 Å². The van der Waals surface area contributed by atoms with Gasteiger partial charge in [0.25, 0.3) is 11.3 Å². The van der Waals surface area contributed by atoms with Gasteiger partial charge in [0.15, 0.2) is 41.6 Å². The molecule has 658 valence electrons. The molecule has 3 heterocycles. The van der Waals surface area contributed by atoms with Crippen molar-refractivity contribution in [3.05, 3.63) is 130 Å². The Bertz CT molecular complexity index is 3630. The number of carbonyl (C=O) groups excluding carboxylic acids is 3. The second-order valence-corrected chi connectivity index (χ2v) is 33.2. The first-order valence-electron chi connectivity index (χ1n) is 46.4. The maximum Gasteiger partial charge on any atom is 0.347 e. The number of fused-ring (bicyclic) bond motifs is 1. The van der Waals surface area contributed by atoms with Gasteiger partial charge < -0.3 is 47.7 Å². The highest BCUT2D eigenvalue weighted by Crippen LogP contribution is 2.47. The van der Waals surface area contributed by atoms with Gasteiger partial charge in [-0.15, -0.1) is 0 Å². The highest BCUT2D eigenvalue weighted by Gasteiger charge is 2.62. The molecule has 118 heavy (non-hydrogen) atoms. The smallest absolute Gasteiger partial charge is 0.347 e. The number of alkyl halides is 1. The molecule has 0 saturated carbocycles. The van der Waals surface area contributed by atoms with Crippen LogP contribution < -0.4 is 34.6 Å². The molecular formula is C98H150FN5O14. The third-order valence-corrected chi connectivity index (χ3v) is 23.1. The molecule has 1 fully saturated rings. The molecule has 0 spiro atoms. The fraction of sp³-hybridized carbons (Fsp3) is 0.673. The molecule has 3 N–H and O–H groups in total. The summed E-state index contributed by atoms with van der Waals surface area (Å²) in [5.41, 5.74) is -0.997. The summed E-state index contributed by atoms with van der Waals surface area (Å²) in [5, 5.41) is 15.6. The number of halogens is 1. The van der Waals surface area contributed by atoms with Crippen LogP contribution in [0.4, 0.5) is 10.3 Å². The molecule has 6 aromatic rings. The molecular weight excluding hydrogens is 1490 g/mol. The number of imidazole rings is 1. The lowest BCUT2D eigenvalue weighted by Crippen LogP contribution is -2.52. The summed E-state index contributed by atoms with van der Waals surface area (Å²) in [6.45, 7) is 9.49. The van der Waals surface area contributed by atoms with Crippen molar-refractivity contribution >= 4 is 35.0 Å². The van der Waals surface area contributed by atoms with Crippen LogP contribution in [-0.4, -0.2) is 108 Å². The lowest BCUT2D eigenvalue weighted by molar-refractivity contribution is -0.252. The Kier molecular flexibility index (Phi) is 47.7. The average molecular weight is 1640 g/mol. The largest absolute Gasteiger partial charge is 0.497 e. The number of aliphatic hydroxyl groups is 1. The van der Waals surface area contributed by atoms with Gasteiger partial charge in [0, 0.05) is 5.92 Å². The Labute approximate surface area is 707 Å². The van der Waals surface area contributed by atoms with Crippen molar-refractivity contribution < 1.29 is 66.5 Å². The molecule has 2 aromatic heterocycles. The van der Waals surface area contributed by atoms with Crippen molar-refractivity contribution in [1.29, 1.82) is 0 Å². The fourth-order valence-corrected chi connectivity index (χ4v) is 15.9. The number of H-pyrrole nitrogens is 1. The van der Waals surface area contributed by atoms with Crippen molar-refractivity contribution in [2.24, 2.45) is 5.92 Å². The quantitative estimate of drug-likeness (QED) is 0.0139. The number of aromatic nitrogens is 4. The number of aromatic amines is 1. The van der Waals surface area contributed by atoms with E-state index < -0.39 is 72.4 Å². The highest BCUT2D eigenvalue weighted by molar-refractivity contribution is 5.92. The molecule has 19 nitrogen and oxygen atoms in total.